The van der Waals surface area contributed by atoms with Gasteiger partial charge in [0.05, 0.1) is 15.5 Å². The number of aliphatic imine (C=N–C) groups is 1. The molecule has 3 rings (SSSR count). The Bertz CT molecular complexity index is 1220. The number of rotatable bonds is 6. The minimum atomic E-state index is -3.74. The van der Waals surface area contributed by atoms with Crippen molar-refractivity contribution >= 4 is 44.9 Å². The summed E-state index contributed by atoms with van der Waals surface area (Å²) in [7, 11) is -3.74. The van der Waals surface area contributed by atoms with Crippen LogP contribution in [0, 0.1) is 24.0 Å². The molecule has 0 saturated carbocycles. The summed E-state index contributed by atoms with van der Waals surface area (Å²) in [6.07, 6.45) is 1.45. The molecule has 0 aliphatic heterocycles. The van der Waals surface area contributed by atoms with E-state index in [2.05, 4.69) is 9.71 Å². The number of nitrogens with one attached hydrogen (secondary N) is 1. The first-order valence-corrected chi connectivity index (χ1v) is 10.7. The van der Waals surface area contributed by atoms with Crippen molar-refractivity contribution in [2.45, 2.75) is 18.7 Å². The van der Waals surface area contributed by atoms with Crippen LogP contribution in [0.25, 0.3) is 0 Å². The highest BCUT2D eigenvalue weighted by Gasteiger charge is 2.15. The first-order chi connectivity index (χ1) is 14.1. The van der Waals surface area contributed by atoms with Crippen LogP contribution in [0.3, 0.4) is 0 Å². The van der Waals surface area contributed by atoms with Crippen LogP contribution in [0.5, 0.6) is 0 Å². The van der Waals surface area contributed by atoms with E-state index in [1.807, 2.05) is 19.9 Å². The standard InChI is InChI=1S/C21H18ClN3O4S/c1-14-9-15(2)11-18(10-14)24-30(28,29)19-6-4-17(5-7-19)23-13-16-3-8-20(22)21(12-16)25(26)27/h3-13,24H,1-2H3. The van der Waals surface area contributed by atoms with Crippen LogP contribution in [-0.2, 0) is 10.0 Å². The zero-order valence-electron chi connectivity index (χ0n) is 16.2. The third kappa shape index (κ3) is 5.22. The molecule has 0 aromatic heterocycles. The number of aryl methyl sites for hydroxylation is 2. The van der Waals surface area contributed by atoms with Crippen LogP contribution in [0.4, 0.5) is 17.1 Å². The van der Waals surface area contributed by atoms with E-state index in [1.165, 1.54) is 30.5 Å². The summed E-state index contributed by atoms with van der Waals surface area (Å²) in [6.45, 7) is 3.79. The van der Waals surface area contributed by atoms with Gasteiger partial charge in [-0.1, -0.05) is 23.7 Å². The summed E-state index contributed by atoms with van der Waals surface area (Å²) in [6, 6.07) is 15.8. The molecule has 1 N–H and O–H groups in total. The largest absolute Gasteiger partial charge is 0.288 e. The van der Waals surface area contributed by atoms with Crippen LogP contribution >= 0.6 is 11.6 Å². The lowest BCUT2D eigenvalue weighted by Gasteiger charge is -2.10. The SMILES string of the molecule is Cc1cc(C)cc(NS(=O)(=O)c2ccc(N=Cc3ccc(Cl)c([N+](=O)[O-])c3)cc2)c1. The fraction of sp³-hybridized carbons (Fsp3) is 0.0952. The van der Waals surface area contributed by atoms with E-state index in [4.69, 9.17) is 11.6 Å². The van der Waals surface area contributed by atoms with Crippen LogP contribution in [-0.4, -0.2) is 19.6 Å². The highest BCUT2D eigenvalue weighted by Crippen LogP contribution is 2.25. The maximum Gasteiger partial charge on any atom is 0.288 e. The second-order valence-electron chi connectivity index (χ2n) is 6.70. The van der Waals surface area contributed by atoms with Crippen LogP contribution in [0.2, 0.25) is 5.02 Å². The summed E-state index contributed by atoms with van der Waals surface area (Å²) in [4.78, 5) is 14.7. The summed E-state index contributed by atoms with van der Waals surface area (Å²) >= 11 is 5.79. The molecule has 154 valence electrons. The van der Waals surface area contributed by atoms with Crippen LogP contribution in [0.1, 0.15) is 16.7 Å². The molecule has 3 aromatic rings. The quantitative estimate of drug-likeness (QED) is 0.312. The molecule has 0 aliphatic carbocycles. The molecular weight excluding hydrogens is 426 g/mol. The number of anilines is 1. The van der Waals surface area contributed by atoms with E-state index in [0.29, 0.717) is 16.9 Å². The molecule has 0 bridgehead atoms. The van der Waals surface area contributed by atoms with Crippen molar-refractivity contribution in [3.63, 3.8) is 0 Å². The van der Waals surface area contributed by atoms with Crippen molar-refractivity contribution in [1.82, 2.24) is 0 Å². The van der Waals surface area contributed by atoms with Gasteiger partial charge in [0.15, 0.2) is 0 Å². The fourth-order valence-corrected chi connectivity index (χ4v) is 4.08. The minimum Gasteiger partial charge on any atom is -0.280 e. The van der Waals surface area contributed by atoms with Gasteiger partial charge in [0.25, 0.3) is 15.7 Å². The van der Waals surface area contributed by atoms with Gasteiger partial charge in [0, 0.05) is 18.0 Å². The van der Waals surface area contributed by atoms with Crippen molar-refractivity contribution in [2.75, 3.05) is 4.72 Å². The summed E-state index contributed by atoms with van der Waals surface area (Å²) < 4.78 is 27.8. The number of nitro groups is 1. The molecule has 9 heteroatoms. The van der Waals surface area contributed by atoms with Gasteiger partial charge in [-0.15, -0.1) is 0 Å². The smallest absolute Gasteiger partial charge is 0.280 e. The molecule has 0 atom stereocenters. The fourth-order valence-electron chi connectivity index (χ4n) is 2.86. The summed E-state index contributed by atoms with van der Waals surface area (Å²) in [5.74, 6) is 0. The number of sulfonamides is 1. The van der Waals surface area contributed by atoms with Gasteiger partial charge < -0.3 is 0 Å². The maximum atomic E-state index is 12.6. The number of benzene rings is 3. The van der Waals surface area contributed by atoms with E-state index in [9.17, 15) is 18.5 Å². The van der Waals surface area contributed by atoms with Crippen LogP contribution < -0.4 is 4.72 Å². The second kappa shape index (κ2) is 8.64. The van der Waals surface area contributed by atoms with Crippen molar-refractivity contribution in [2.24, 2.45) is 4.99 Å². The van der Waals surface area contributed by atoms with Crippen molar-refractivity contribution < 1.29 is 13.3 Å². The van der Waals surface area contributed by atoms with Gasteiger partial charge >= 0.3 is 0 Å². The minimum absolute atomic E-state index is 0.0445. The van der Waals surface area contributed by atoms with Crippen molar-refractivity contribution in [1.29, 1.82) is 0 Å². The molecule has 30 heavy (non-hydrogen) atoms. The third-order valence-corrected chi connectivity index (χ3v) is 5.87. The first-order valence-electron chi connectivity index (χ1n) is 8.83. The third-order valence-electron chi connectivity index (χ3n) is 4.15. The number of nitrogens with zero attached hydrogens (tertiary/aromatic N) is 2. The van der Waals surface area contributed by atoms with Gasteiger partial charge in [0.2, 0.25) is 0 Å². The zero-order chi connectivity index (χ0) is 21.9. The Balaban J connectivity index is 1.78. The van der Waals surface area contributed by atoms with E-state index < -0.39 is 14.9 Å². The van der Waals surface area contributed by atoms with Gasteiger partial charge in [-0.25, -0.2) is 8.42 Å². The Kier molecular flexibility index (Phi) is 6.19. The number of hydrogen-bond donors (Lipinski definition) is 1. The van der Waals surface area contributed by atoms with E-state index >= 15 is 0 Å². The Hall–Kier alpha value is -3.23. The Morgan fingerprint density at radius 2 is 1.63 bits per heavy atom. The lowest BCUT2D eigenvalue weighted by molar-refractivity contribution is -0.384. The Labute approximate surface area is 179 Å². The first kappa shape index (κ1) is 21.5. The second-order valence-corrected chi connectivity index (χ2v) is 8.79. The Morgan fingerprint density at radius 3 is 2.23 bits per heavy atom. The topological polar surface area (TPSA) is 102 Å². The molecule has 0 heterocycles. The van der Waals surface area contributed by atoms with Crippen molar-refractivity contribution in [3.8, 4) is 0 Å². The lowest BCUT2D eigenvalue weighted by Crippen LogP contribution is -2.13. The molecule has 0 saturated heterocycles. The highest BCUT2D eigenvalue weighted by atomic mass is 35.5. The molecule has 0 fully saturated rings. The van der Waals surface area contributed by atoms with Gasteiger partial charge in [-0.3, -0.25) is 19.8 Å². The average molecular weight is 444 g/mol. The van der Waals surface area contributed by atoms with E-state index in [1.54, 1.807) is 30.3 Å². The molecule has 0 spiro atoms. The molecule has 7 nitrogen and oxygen atoms in total. The molecule has 0 unspecified atom stereocenters. The molecule has 3 aromatic carbocycles. The summed E-state index contributed by atoms with van der Waals surface area (Å²) in [5, 5.41) is 11.0. The lowest BCUT2D eigenvalue weighted by atomic mass is 10.1. The zero-order valence-corrected chi connectivity index (χ0v) is 17.7. The van der Waals surface area contributed by atoms with E-state index in [-0.39, 0.29) is 15.6 Å². The predicted molar refractivity (Wildman–Crippen MR) is 119 cm³/mol. The number of nitro benzene ring substituents is 1. The molecular formula is C21H18ClN3O4S. The predicted octanol–water partition coefficient (Wildman–Crippen LogP) is 5.42. The molecule has 0 amide bonds. The maximum absolute atomic E-state index is 12.6. The Morgan fingerprint density at radius 1 is 1.00 bits per heavy atom. The summed E-state index contributed by atoms with van der Waals surface area (Å²) in [5.41, 5.74) is 3.20. The van der Waals surface area contributed by atoms with Gasteiger partial charge in [0.1, 0.15) is 5.02 Å². The molecule has 0 radical (unpaired) electrons. The molecule has 0 aliphatic rings. The van der Waals surface area contributed by atoms with Gasteiger partial charge in [-0.05, 0) is 73.0 Å². The number of hydrogen-bond acceptors (Lipinski definition) is 5. The monoisotopic (exact) mass is 443 g/mol. The van der Waals surface area contributed by atoms with Crippen LogP contribution in [0.15, 0.2) is 70.6 Å². The number of halogens is 1. The highest BCUT2D eigenvalue weighted by molar-refractivity contribution is 7.92. The van der Waals surface area contributed by atoms with Gasteiger partial charge in [-0.2, -0.15) is 0 Å². The normalized spacial score (nSPS) is 11.6. The average Bonchev–Trinajstić information content (AvgIpc) is 2.66. The van der Waals surface area contributed by atoms with Crippen molar-refractivity contribution in [3.05, 3.63) is 92.5 Å². The van der Waals surface area contributed by atoms with E-state index in [0.717, 1.165) is 11.1 Å².